The number of hydrogen-bond donors (Lipinski definition) is 1. The van der Waals surface area contributed by atoms with E-state index < -0.39 is 0 Å². The Bertz CT molecular complexity index is 466. The molecule has 1 aliphatic carbocycles. The second-order valence-corrected chi connectivity index (χ2v) is 6.13. The highest BCUT2D eigenvalue weighted by molar-refractivity contribution is 5.81. The summed E-state index contributed by atoms with van der Waals surface area (Å²) in [6.07, 6.45) is 5.99. The van der Waals surface area contributed by atoms with Crippen molar-refractivity contribution in [3.63, 3.8) is 0 Å². The average Bonchev–Trinajstić information content (AvgIpc) is 3.32. The van der Waals surface area contributed by atoms with Crippen molar-refractivity contribution in [1.29, 1.82) is 0 Å². The van der Waals surface area contributed by atoms with Crippen molar-refractivity contribution in [2.75, 3.05) is 26.2 Å². The van der Waals surface area contributed by atoms with Crippen LogP contribution >= 0.6 is 0 Å². The lowest BCUT2D eigenvalue weighted by molar-refractivity contribution is -0.126. The second-order valence-electron chi connectivity index (χ2n) is 6.13. The Balaban J connectivity index is 1.44. The van der Waals surface area contributed by atoms with Crippen LogP contribution in [0.15, 0.2) is 24.5 Å². The van der Waals surface area contributed by atoms with Gasteiger partial charge in [0.05, 0.1) is 6.04 Å². The van der Waals surface area contributed by atoms with Crippen LogP contribution in [0.1, 0.15) is 25.3 Å². The average molecular weight is 288 g/mol. The van der Waals surface area contributed by atoms with E-state index in [1.165, 1.54) is 5.56 Å². The van der Waals surface area contributed by atoms with Crippen molar-refractivity contribution in [2.45, 2.75) is 38.4 Å². The maximum atomic E-state index is 12.1. The minimum atomic E-state index is -0.00586. The Kier molecular flexibility index (Phi) is 4.51. The van der Waals surface area contributed by atoms with Gasteiger partial charge < -0.3 is 5.32 Å². The monoisotopic (exact) mass is 288 g/mol. The van der Waals surface area contributed by atoms with Gasteiger partial charge in [0.25, 0.3) is 0 Å². The van der Waals surface area contributed by atoms with Crippen molar-refractivity contribution in [3.05, 3.63) is 30.1 Å². The summed E-state index contributed by atoms with van der Waals surface area (Å²) in [5.74, 6) is 0.195. The molecule has 1 aromatic rings. The van der Waals surface area contributed by atoms with Crippen molar-refractivity contribution in [2.24, 2.45) is 0 Å². The van der Waals surface area contributed by atoms with Crippen LogP contribution in [-0.2, 0) is 11.3 Å². The van der Waals surface area contributed by atoms with Crippen LogP contribution in [0.4, 0.5) is 0 Å². The number of piperazine rings is 1. The van der Waals surface area contributed by atoms with Gasteiger partial charge in [0.15, 0.2) is 0 Å². The summed E-state index contributed by atoms with van der Waals surface area (Å²) in [7, 11) is 0. The van der Waals surface area contributed by atoms with Crippen molar-refractivity contribution >= 4 is 5.91 Å². The largest absolute Gasteiger partial charge is 0.352 e. The van der Waals surface area contributed by atoms with E-state index in [0.717, 1.165) is 45.6 Å². The molecule has 1 saturated carbocycles. The predicted molar refractivity (Wildman–Crippen MR) is 81.7 cm³/mol. The highest BCUT2D eigenvalue weighted by Crippen LogP contribution is 2.19. The van der Waals surface area contributed by atoms with Gasteiger partial charge in [0.1, 0.15) is 0 Å². The van der Waals surface area contributed by atoms with Gasteiger partial charge in [0, 0.05) is 51.2 Å². The fourth-order valence-electron chi connectivity index (χ4n) is 2.77. The lowest BCUT2D eigenvalue weighted by Gasteiger charge is -2.37. The van der Waals surface area contributed by atoms with Crippen LogP contribution in [0.25, 0.3) is 0 Å². The zero-order valence-corrected chi connectivity index (χ0v) is 12.7. The third-order valence-electron chi connectivity index (χ3n) is 4.41. The summed E-state index contributed by atoms with van der Waals surface area (Å²) >= 11 is 0. The zero-order chi connectivity index (χ0) is 14.7. The molecule has 1 amide bonds. The lowest BCUT2D eigenvalue weighted by atomic mass is 10.2. The second kappa shape index (κ2) is 6.54. The van der Waals surface area contributed by atoms with Crippen LogP contribution in [0.2, 0.25) is 0 Å². The highest BCUT2D eigenvalue weighted by Gasteiger charge is 2.29. The number of carbonyl (C=O) groups excluding carboxylic acids is 1. The molecule has 3 rings (SSSR count). The molecule has 114 valence electrons. The summed E-state index contributed by atoms with van der Waals surface area (Å²) in [6, 6.07) is 4.58. The third kappa shape index (κ3) is 4.02. The molecule has 2 heterocycles. The van der Waals surface area contributed by atoms with Crippen molar-refractivity contribution in [3.8, 4) is 0 Å². The minimum Gasteiger partial charge on any atom is -0.352 e. The van der Waals surface area contributed by atoms with Gasteiger partial charge in [-0.1, -0.05) is 0 Å². The molecule has 1 aliphatic heterocycles. The maximum Gasteiger partial charge on any atom is 0.237 e. The number of hydrogen-bond acceptors (Lipinski definition) is 4. The number of nitrogens with zero attached hydrogens (tertiary/aromatic N) is 3. The van der Waals surface area contributed by atoms with E-state index in [1.54, 1.807) is 0 Å². The molecular formula is C16H24N4O. The van der Waals surface area contributed by atoms with E-state index in [1.807, 2.05) is 19.3 Å². The topological polar surface area (TPSA) is 48.5 Å². The van der Waals surface area contributed by atoms with Gasteiger partial charge in [-0.15, -0.1) is 0 Å². The number of amides is 1. The SMILES string of the molecule is CC(C(=O)NC1CC1)N1CCN(Cc2ccncc2)CC1. The number of rotatable bonds is 5. The third-order valence-corrected chi connectivity index (χ3v) is 4.41. The van der Waals surface area contributed by atoms with E-state index in [0.29, 0.717) is 6.04 Å². The van der Waals surface area contributed by atoms with Crippen LogP contribution < -0.4 is 5.32 Å². The molecule has 2 fully saturated rings. The van der Waals surface area contributed by atoms with Gasteiger partial charge in [-0.05, 0) is 37.5 Å². The Morgan fingerprint density at radius 1 is 1.29 bits per heavy atom. The highest BCUT2D eigenvalue weighted by atomic mass is 16.2. The molecule has 0 radical (unpaired) electrons. The Hall–Kier alpha value is -1.46. The molecule has 5 nitrogen and oxygen atoms in total. The molecule has 1 saturated heterocycles. The predicted octanol–water partition coefficient (Wildman–Crippen LogP) is 0.866. The van der Waals surface area contributed by atoms with E-state index in [9.17, 15) is 4.79 Å². The molecule has 1 N–H and O–H groups in total. The molecule has 0 spiro atoms. The Labute approximate surface area is 126 Å². The molecule has 21 heavy (non-hydrogen) atoms. The van der Waals surface area contributed by atoms with Crippen molar-refractivity contribution in [1.82, 2.24) is 20.1 Å². The van der Waals surface area contributed by atoms with Crippen LogP contribution in [0, 0.1) is 0 Å². The first-order valence-electron chi connectivity index (χ1n) is 7.88. The summed E-state index contributed by atoms with van der Waals surface area (Å²) in [5.41, 5.74) is 1.30. The minimum absolute atomic E-state index is 0.00586. The summed E-state index contributed by atoms with van der Waals surface area (Å²) in [4.78, 5) is 20.9. The van der Waals surface area contributed by atoms with Crippen molar-refractivity contribution < 1.29 is 4.79 Å². The Morgan fingerprint density at radius 2 is 1.95 bits per heavy atom. The molecule has 5 heteroatoms. The smallest absolute Gasteiger partial charge is 0.237 e. The molecule has 1 aromatic heterocycles. The zero-order valence-electron chi connectivity index (χ0n) is 12.7. The molecule has 2 aliphatic rings. The number of aromatic nitrogens is 1. The summed E-state index contributed by atoms with van der Waals surface area (Å²) < 4.78 is 0. The van der Waals surface area contributed by atoms with Gasteiger partial charge in [-0.2, -0.15) is 0 Å². The first kappa shape index (κ1) is 14.5. The van der Waals surface area contributed by atoms with Crippen LogP contribution in [0.5, 0.6) is 0 Å². The van der Waals surface area contributed by atoms with E-state index in [4.69, 9.17) is 0 Å². The molecular weight excluding hydrogens is 264 g/mol. The Morgan fingerprint density at radius 3 is 2.57 bits per heavy atom. The summed E-state index contributed by atoms with van der Waals surface area (Å²) in [5, 5.41) is 3.10. The van der Waals surface area contributed by atoms with Crippen LogP contribution in [0.3, 0.4) is 0 Å². The van der Waals surface area contributed by atoms with Crippen LogP contribution in [-0.4, -0.2) is 59.0 Å². The lowest BCUT2D eigenvalue weighted by Crippen LogP contribution is -2.53. The summed E-state index contributed by atoms with van der Waals surface area (Å²) in [6.45, 7) is 6.96. The molecule has 1 atom stereocenters. The fraction of sp³-hybridized carbons (Fsp3) is 0.625. The standard InChI is InChI=1S/C16H24N4O/c1-13(16(21)18-15-2-3-15)20-10-8-19(9-11-20)12-14-4-6-17-7-5-14/h4-7,13,15H,2-3,8-12H2,1H3,(H,18,21). The number of carbonyl (C=O) groups is 1. The van der Waals surface area contributed by atoms with Gasteiger partial charge in [-0.25, -0.2) is 0 Å². The molecule has 0 aromatic carbocycles. The van der Waals surface area contributed by atoms with Gasteiger partial charge >= 0.3 is 0 Å². The fourth-order valence-corrected chi connectivity index (χ4v) is 2.77. The van der Waals surface area contributed by atoms with E-state index in [2.05, 4.69) is 32.2 Å². The van der Waals surface area contributed by atoms with Gasteiger partial charge in [-0.3, -0.25) is 19.6 Å². The number of pyridine rings is 1. The first-order valence-corrected chi connectivity index (χ1v) is 7.88. The molecule has 0 bridgehead atoms. The van der Waals surface area contributed by atoms with E-state index in [-0.39, 0.29) is 11.9 Å². The van der Waals surface area contributed by atoms with Gasteiger partial charge in [0.2, 0.25) is 5.91 Å². The van der Waals surface area contributed by atoms with E-state index >= 15 is 0 Å². The number of nitrogens with one attached hydrogen (secondary N) is 1. The normalized spacial score (nSPS) is 22.0. The maximum absolute atomic E-state index is 12.1. The molecule has 1 unspecified atom stereocenters. The first-order chi connectivity index (χ1) is 10.2. The quantitative estimate of drug-likeness (QED) is 0.873.